The maximum Gasteiger partial charge on any atom is 0.338 e. The number of sulfonamides is 1. The van der Waals surface area contributed by atoms with Crippen LogP contribution in [0, 0.1) is 11.7 Å². The summed E-state index contributed by atoms with van der Waals surface area (Å²) in [5, 5.41) is 9.57. The molecule has 0 unspecified atom stereocenters. The van der Waals surface area contributed by atoms with Gasteiger partial charge in [0.2, 0.25) is 10.0 Å². The molecular formula is C27H26ClFN2O5S. The molecule has 194 valence electrons. The highest BCUT2D eigenvalue weighted by Crippen LogP contribution is 2.43. The lowest BCUT2D eigenvalue weighted by Crippen LogP contribution is -2.44. The van der Waals surface area contributed by atoms with E-state index in [-0.39, 0.29) is 22.1 Å². The first-order valence-corrected chi connectivity index (χ1v) is 13.7. The van der Waals surface area contributed by atoms with Crippen LogP contribution in [-0.2, 0) is 14.8 Å². The van der Waals surface area contributed by atoms with Crippen molar-refractivity contribution in [1.29, 1.82) is 0 Å². The Morgan fingerprint density at radius 3 is 2.51 bits per heavy atom. The highest BCUT2D eigenvalue weighted by molar-refractivity contribution is 7.89. The van der Waals surface area contributed by atoms with E-state index in [2.05, 4.69) is 0 Å². The molecule has 1 aliphatic carbocycles. The number of para-hydroxylation sites is 1. The third-order valence-electron chi connectivity index (χ3n) is 6.84. The van der Waals surface area contributed by atoms with Crippen LogP contribution in [0.15, 0.2) is 65.6 Å². The van der Waals surface area contributed by atoms with Crippen LogP contribution in [0.1, 0.15) is 23.2 Å². The average Bonchev–Trinajstić information content (AvgIpc) is 3.71. The van der Waals surface area contributed by atoms with E-state index in [1.807, 2.05) is 35.2 Å². The molecule has 0 saturated heterocycles. The number of nitrogens with zero attached hydrogens (tertiary/aromatic N) is 2. The van der Waals surface area contributed by atoms with Gasteiger partial charge < -0.3 is 14.7 Å². The first kappa shape index (κ1) is 25.7. The molecule has 1 fully saturated rings. The normalized spacial score (nSPS) is 19.3. The third-order valence-corrected chi connectivity index (χ3v) is 9.09. The monoisotopic (exact) mass is 544 g/mol. The number of likely N-dealkylation sites (N-methyl/N-ethyl adjacent to an activating group) is 1. The van der Waals surface area contributed by atoms with Crippen LogP contribution in [0.4, 0.5) is 15.8 Å². The minimum Gasteiger partial charge on any atom is -0.478 e. The number of carboxylic acid groups (broad SMARTS) is 1. The van der Waals surface area contributed by atoms with E-state index in [0.29, 0.717) is 30.3 Å². The first-order valence-electron chi connectivity index (χ1n) is 11.9. The zero-order chi connectivity index (χ0) is 26.3. The zero-order valence-corrected chi connectivity index (χ0v) is 21.7. The number of anilines is 2. The van der Waals surface area contributed by atoms with E-state index in [1.54, 1.807) is 6.07 Å². The van der Waals surface area contributed by atoms with E-state index >= 15 is 0 Å². The molecule has 10 heteroatoms. The molecule has 1 saturated carbocycles. The van der Waals surface area contributed by atoms with Gasteiger partial charge in [-0.3, -0.25) is 0 Å². The molecule has 0 radical (unpaired) electrons. The maximum atomic E-state index is 14.0. The molecule has 1 atom stereocenters. The Hall–Kier alpha value is -2.98. The van der Waals surface area contributed by atoms with Crippen LogP contribution in [-0.4, -0.2) is 56.6 Å². The molecule has 2 aliphatic rings. The van der Waals surface area contributed by atoms with Gasteiger partial charge in [0.1, 0.15) is 10.7 Å². The van der Waals surface area contributed by atoms with Crippen LogP contribution in [0.3, 0.4) is 0 Å². The summed E-state index contributed by atoms with van der Waals surface area (Å²) in [6.07, 6.45) is 2.27. The number of halogens is 2. The Morgan fingerprint density at radius 1 is 1.11 bits per heavy atom. The third kappa shape index (κ3) is 5.09. The quantitative estimate of drug-likeness (QED) is 0.428. The molecule has 1 N–H and O–H groups in total. The van der Waals surface area contributed by atoms with Crippen LogP contribution in [0.5, 0.6) is 0 Å². The lowest BCUT2D eigenvalue weighted by molar-refractivity contribution is 0.0692. The van der Waals surface area contributed by atoms with Gasteiger partial charge in [-0.15, -0.1) is 0 Å². The number of ether oxygens (including phenoxy) is 1. The van der Waals surface area contributed by atoms with E-state index in [4.69, 9.17) is 16.3 Å². The van der Waals surface area contributed by atoms with Crippen molar-refractivity contribution >= 4 is 39.0 Å². The van der Waals surface area contributed by atoms with Gasteiger partial charge in [0.15, 0.2) is 0 Å². The SMILES string of the molecule is CN1[C@H](COCC2CC2)CN(c2ccccc2)c2cc(Cl)c(-c3ccc(F)c(C(=O)O)c3)cc2S1(=O)=O. The van der Waals surface area contributed by atoms with E-state index < -0.39 is 33.4 Å². The predicted molar refractivity (Wildman–Crippen MR) is 140 cm³/mol. The summed E-state index contributed by atoms with van der Waals surface area (Å²) in [4.78, 5) is 13.4. The topological polar surface area (TPSA) is 87.2 Å². The number of carboxylic acids is 1. The van der Waals surface area contributed by atoms with Crippen molar-refractivity contribution in [2.75, 3.05) is 31.7 Å². The number of benzene rings is 3. The summed E-state index contributed by atoms with van der Waals surface area (Å²) in [7, 11) is -2.47. The van der Waals surface area contributed by atoms with Gasteiger partial charge in [-0.25, -0.2) is 17.6 Å². The van der Waals surface area contributed by atoms with E-state index in [9.17, 15) is 22.7 Å². The number of rotatable bonds is 7. The molecule has 7 nitrogen and oxygen atoms in total. The number of aromatic carboxylic acids is 1. The Balaban J connectivity index is 1.64. The predicted octanol–water partition coefficient (Wildman–Crippen LogP) is 5.41. The Labute approximate surface area is 220 Å². The molecule has 0 bridgehead atoms. The second kappa shape index (κ2) is 10.1. The molecule has 1 heterocycles. The fourth-order valence-corrected chi connectivity index (χ4v) is 6.28. The summed E-state index contributed by atoms with van der Waals surface area (Å²) in [6.45, 7) is 1.19. The average molecular weight is 545 g/mol. The Bertz CT molecular complexity index is 1450. The summed E-state index contributed by atoms with van der Waals surface area (Å²) >= 11 is 6.66. The summed E-state index contributed by atoms with van der Waals surface area (Å²) in [6, 6.07) is 15.5. The smallest absolute Gasteiger partial charge is 0.338 e. The molecule has 0 spiro atoms. The van der Waals surface area contributed by atoms with Gasteiger partial charge in [0.05, 0.1) is 28.9 Å². The lowest BCUT2D eigenvalue weighted by atomic mass is 10.0. The maximum absolute atomic E-state index is 14.0. The molecule has 1 aliphatic heterocycles. The fourth-order valence-electron chi connectivity index (χ4n) is 4.48. The zero-order valence-electron chi connectivity index (χ0n) is 20.1. The van der Waals surface area contributed by atoms with E-state index in [1.165, 1.54) is 23.5 Å². The summed E-state index contributed by atoms with van der Waals surface area (Å²) in [5.74, 6) is -1.77. The van der Waals surface area contributed by atoms with Crippen molar-refractivity contribution in [3.05, 3.63) is 77.1 Å². The highest BCUT2D eigenvalue weighted by Gasteiger charge is 2.38. The second-order valence-corrected chi connectivity index (χ2v) is 11.8. The lowest BCUT2D eigenvalue weighted by Gasteiger charge is -2.29. The van der Waals surface area contributed by atoms with Gasteiger partial charge in [-0.05, 0) is 60.7 Å². The Kier molecular flexibility index (Phi) is 6.97. The van der Waals surface area contributed by atoms with Crippen LogP contribution in [0.2, 0.25) is 5.02 Å². The molecule has 3 aromatic carbocycles. The molecule has 3 aromatic rings. The fraction of sp³-hybridized carbons (Fsp3) is 0.296. The molecule has 37 heavy (non-hydrogen) atoms. The Morgan fingerprint density at radius 2 is 1.84 bits per heavy atom. The number of hydrogen-bond donors (Lipinski definition) is 1. The first-order chi connectivity index (χ1) is 17.7. The van der Waals surface area contributed by atoms with Crippen molar-refractivity contribution < 1.29 is 27.4 Å². The van der Waals surface area contributed by atoms with Crippen LogP contribution < -0.4 is 4.90 Å². The summed E-state index contributed by atoms with van der Waals surface area (Å²) < 4.78 is 49.1. The molecular weight excluding hydrogens is 519 g/mol. The number of fused-ring (bicyclic) bond motifs is 1. The van der Waals surface area contributed by atoms with Gasteiger partial charge >= 0.3 is 5.97 Å². The minimum atomic E-state index is -4.00. The van der Waals surface area contributed by atoms with Gasteiger partial charge in [0.25, 0.3) is 0 Å². The van der Waals surface area contributed by atoms with Gasteiger partial charge in [0, 0.05) is 31.5 Å². The largest absolute Gasteiger partial charge is 0.478 e. The second-order valence-electron chi connectivity index (χ2n) is 9.40. The highest BCUT2D eigenvalue weighted by atomic mass is 35.5. The van der Waals surface area contributed by atoms with Crippen molar-refractivity contribution in [2.24, 2.45) is 5.92 Å². The van der Waals surface area contributed by atoms with Crippen molar-refractivity contribution in [1.82, 2.24) is 4.31 Å². The molecule has 0 amide bonds. The minimum absolute atomic E-state index is 0.0177. The van der Waals surface area contributed by atoms with Crippen molar-refractivity contribution in [2.45, 2.75) is 23.8 Å². The van der Waals surface area contributed by atoms with Crippen LogP contribution in [0.25, 0.3) is 11.1 Å². The van der Waals surface area contributed by atoms with Crippen molar-refractivity contribution in [3.8, 4) is 11.1 Å². The molecule has 5 rings (SSSR count). The van der Waals surface area contributed by atoms with Gasteiger partial charge in [-0.2, -0.15) is 4.31 Å². The van der Waals surface area contributed by atoms with Crippen LogP contribution >= 0.6 is 11.6 Å². The van der Waals surface area contributed by atoms with E-state index in [0.717, 1.165) is 30.7 Å². The number of carbonyl (C=O) groups is 1. The van der Waals surface area contributed by atoms with Gasteiger partial charge in [-0.1, -0.05) is 35.9 Å². The number of hydrogen-bond acceptors (Lipinski definition) is 5. The van der Waals surface area contributed by atoms with Crippen molar-refractivity contribution in [3.63, 3.8) is 0 Å². The standard InChI is InChI=1S/C27H26ClFN2O5S/c1-30-20(16-36-15-17-7-8-17)14-31(19-5-3-2-4-6-19)25-13-23(28)21(12-26(25)37(30,34)35)18-9-10-24(29)22(11-18)27(32)33/h2-6,9-13,17,20H,7-8,14-16H2,1H3,(H,32,33)/t20-/m0/s1. The summed E-state index contributed by atoms with van der Waals surface area (Å²) in [5.41, 5.74) is 1.25. The molecule has 0 aromatic heterocycles.